The Labute approximate surface area is 102 Å². The fourth-order valence-corrected chi connectivity index (χ4v) is 1.96. The Morgan fingerprint density at radius 3 is 2.82 bits per heavy atom. The van der Waals surface area contributed by atoms with E-state index in [-0.39, 0.29) is 0 Å². The highest BCUT2D eigenvalue weighted by molar-refractivity contribution is 5.15. The minimum absolute atomic E-state index is 0.870. The van der Waals surface area contributed by atoms with Crippen LogP contribution in [0.1, 0.15) is 23.9 Å². The molecule has 0 atom stereocenters. The highest BCUT2D eigenvalue weighted by atomic mass is 15.3. The lowest BCUT2D eigenvalue weighted by molar-refractivity contribution is 0.626. The largest absolute Gasteiger partial charge is 0.351 e. The second-order valence-electron chi connectivity index (χ2n) is 4.27. The predicted molar refractivity (Wildman–Crippen MR) is 68.6 cm³/mol. The van der Waals surface area contributed by atoms with Crippen LogP contribution in [0, 0.1) is 6.92 Å². The molecule has 1 N–H and O–H groups in total. The van der Waals surface area contributed by atoms with Crippen LogP contribution in [0.3, 0.4) is 0 Å². The minimum atomic E-state index is 0.870. The molecule has 0 radical (unpaired) electrons. The van der Waals surface area contributed by atoms with Crippen molar-refractivity contribution in [3.63, 3.8) is 0 Å². The summed E-state index contributed by atoms with van der Waals surface area (Å²) in [5.74, 6) is 0. The van der Waals surface area contributed by atoms with Crippen LogP contribution >= 0.6 is 0 Å². The zero-order chi connectivity index (χ0) is 12.3. The predicted octanol–water partition coefficient (Wildman–Crippen LogP) is 1.84. The van der Waals surface area contributed by atoms with Crippen LogP contribution < -0.4 is 5.32 Å². The normalized spacial score (nSPS) is 11.0. The van der Waals surface area contributed by atoms with Crippen molar-refractivity contribution < 1.29 is 0 Å². The van der Waals surface area contributed by atoms with E-state index in [1.165, 1.54) is 17.0 Å². The first kappa shape index (κ1) is 11.9. The summed E-state index contributed by atoms with van der Waals surface area (Å²) in [5, 5.41) is 7.70. The second kappa shape index (κ2) is 5.19. The smallest absolute Gasteiger partial charge is 0.0537 e. The van der Waals surface area contributed by atoms with Gasteiger partial charge >= 0.3 is 0 Å². The summed E-state index contributed by atoms with van der Waals surface area (Å²) in [5.41, 5.74) is 3.82. The summed E-state index contributed by atoms with van der Waals surface area (Å²) in [4.78, 5) is 0. The van der Waals surface area contributed by atoms with Crippen LogP contribution in [-0.4, -0.2) is 14.3 Å². The first-order valence-corrected chi connectivity index (χ1v) is 6.04. The number of nitrogens with one attached hydrogen (secondary N) is 1. The average Bonchev–Trinajstić information content (AvgIpc) is 2.90. The third-order valence-corrected chi connectivity index (χ3v) is 3.22. The average molecular weight is 232 g/mol. The topological polar surface area (TPSA) is 34.8 Å². The van der Waals surface area contributed by atoms with Gasteiger partial charge < -0.3 is 9.88 Å². The Kier molecular flexibility index (Phi) is 3.64. The van der Waals surface area contributed by atoms with E-state index < -0.39 is 0 Å². The van der Waals surface area contributed by atoms with Gasteiger partial charge in [-0.2, -0.15) is 5.10 Å². The summed E-state index contributed by atoms with van der Waals surface area (Å²) >= 11 is 0. The molecule has 4 nitrogen and oxygen atoms in total. The molecule has 2 aromatic heterocycles. The molecule has 0 aliphatic rings. The maximum Gasteiger partial charge on any atom is 0.0537 e. The van der Waals surface area contributed by atoms with Crippen LogP contribution in [0.5, 0.6) is 0 Å². The van der Waals surface area contributed by atoms with Crippen LogP contribution in [-0.2, 0) is 26.7 Å². The first-order valence-electron chi connectivity index (χ1n) is 6.04. The van der Waals surface area contributed by atoms with E-state index in [2.05, 4.69) is 47.2 Å². The van der Waals surface area contributed by atoms with Gasteiger partial charge in [-0.1, -0.05) is 0 Å². The molecule has 0 amide bonds. The van der Waals surface area contributed by atoms with Gasteiger partial charge in [0.25, 0.3) is 0 Å². The summed E-state index contributed by atoms with van der Waals surface area (Å²) in [6.07, 6.45) is 4.05. The fourth-order valence-electron chi connectivity index (χ4n) is 1.96. The number of aromatic nitrogens is 3. The number of hydrogen-bond donors (Lipinski definition) is 1. The first-order chi connectivity index (χ1) is 8.22. The Hall–Kier alpha value is -1.55. The Balaban J connectivity index is 1.90. The number of hydrogen-bond acceptors (Lipinski definition) is 2. The summed E-state index contributed by atoms with van der Waals surface area (Å²) in [7, 11) is 1.97. The molecule has 17 heavy (non-hydrogen) atoms. The lowest BCUT2D eigenvalue weighted by Gasteiger charge is -2.07. The van der Waals surface area contributed by atoms with E-state index in [1.807, 2.05) is 17.9 Å². The standard InChI is InChI=1S/C13H20N4/c1-4-17-7-5-6-13(17)10-14-8-12-9-15-16(3)11(12)2/h5-7,9,14H,4,8,10H2,1-3H3. The van der Waals surface area contributed by atoms with Gasteiger partial charge in [0.15, 0.2) is 0 Å². The highest BCUT2D eigenvalue weighted by Crippen LogP contribution is 2.06. The minimum Gasteiger partial charge on any atom is -0.351 e. The molecular formula is C13H20N4. The van der Waals surface area contributed by atoms with Gasteiger partial charge in [-0.3, -0.25) is 4.68 Å². The SMILES string of the molecule is CCn1cccc1CNCc1cnn(C)c1C. The molecule has 0 fully saturated rings. The van der Waals surface area contributed by atoms with Gasteiger partial charge in [-0.05, 0) is 26.0 Å². The zero-order valence-corrected chi connectivity index (χ0v) is 10.8. The van der Waals surface area contributed by atoms with Crippen molar-refractivity contribution >= 4 is 0 Å². The van der Waals surface area contributed by atoms with Gasteiger partial charge in [0.1, 0.15) is 0 Å². The maximum absolute atomic E-state index is 4.24. The molecule has 0 unspecified atom stereocenters. The van der Waals surface area contributed by atoms with E-state index in [0.29, 0.717) is 0 Å². The van der Waals surface area contributed by atoms with Gasteiger partial charge in [0.2, 0.25) is 0 Å². The molecular weight excluding hydrogens is 212 g/mol. The van der Waals surface area contributed by atoms with Crippen LogP contribution in [0.4, 0.5) is 0 Å². The van der Waals surface area contributed by atoms with E-state index in [1.54, 1.807) is 0 Å². The lowest BCUT2D eigenvalue weighted by atomic mass is 10.2. The van der Waals surface area contributed by atoms with Crippen LogP contribution in [0.25, 0.3) is 0 Å². The molecule has 2 heterocycles. The van der Waals surface area contributed by atoms with E-state index in [9.17, 15) is 0 Å². The van der Waals surface area contributed by atoms with Gasteiger partial charge in [-0.15, -0.1) is 0 Å². The monoisotopic (exact) mass is 232 g/mol. The molecule has 2 rings (SSSR count). The summed E-state index contributed by atoms with van der Waals surface area (Å²) in [6.45, 7) is 7.05. The van der Waals surface area contributed by atoms with E-state index in [0.717, 1.165) is 19.6 Å². The van der Waals surface area contributed by atoms with Crippen molar-refractivity contribution in [2.75, 3.05) is 0 Å². The van der Waals surface area contributed by atoms with Crippen molar-refractivity contribution in [1.29, 1.82) is 0 Å². The molecule has 4 heteroatoms. The summed E-state index contributed by atoms with van der Waals surface area (Å²) < 4.78 is 4.16. The zero-order valence-electron chi connectivity index (χ0n) is 10.8. The second-order valence-corrected chi connectivity index (χ2v) is 4.27. The lowest BCUT2D eigenvalue weighted by Crippen LogP contribution is -2.15. The van der Waals surface area contributed by atoms with E-state index in [4.69, 9.17) is 0 Å². The van der Waals surface area contributed by atoms with Crippen molar-refractivity contribution in [2.45, 2.75) is 33.5 Å². The van der Waals surface area contributed by atoms with Crippen molar-refractivity contribution in [1.82, 2.24) is 19.7 Å². The Bertz CT molecular complexity index is 481. The van der Waals surface area contributed by atoms with Crippen LogP contribution in [0.15, 0.2) is 24.5 Å². The molecule has 0 spiro atoms. The third kappa shape index (κ3) is 2.58. The number of aryl methyl sites for hydroxylation is 2. The van der Waals surface area contributed by atoms with Crippen molar-refractivity contribution in [3.05, 3.63) is 41.5 Å². The maximum atomic E-state index is 4.24. The molecule has 0 bridgehead atoms. The van der Waals surface area contributed by atoms with Gasteiger partial charge in [-0.25, -0.2) is 0 Å². The molecule has 0 aromatic carbocycles. The third-order valence-electron chi connectivity index (χ3n) is 3.22. The Morgan fingerprint density at radius 2 is 2.18 bits per heavy atom. The fraction of sp³-hybridized carbons (Fsp3) is 0.462. The molecule has 92 valence electrons. The number of rotatable bonds is 5. The van der Waals surface area contributed by atoms with Crippen molar-refractivity contribution in [3.8, 4) is 0 Å². The summed E-state index contributed by atoms with van der Waals surface area (Å²) in [6, 6.07) is 4.25. The van der Waals surface area contributed by atoms with Crippen LogP contribution in [0.2, 0.25) is 0 Å². The molecule has 0 aliphatic carbocycles. The van der Waals surface area contributed by atoms with Crippen molar-refractivity contribution in [2.24, 2.45) is 7.05 Å². The van der Waals surface area contributed by atoms with Gasteiger partial charge in [0, 0.05) is 49.8 Å². The molecule has 2 aromatic rings. The molecule has 0 saturated heterocycles. The highest BCUT2D eigenvalue weighted by Gasteiger charge is 2.03. The molecule has 0 saturated carbocycles. The number of nitrogens with zero attached hydrogens (tertiary/aromatic N) is 3. The quantitative estimate of drug-likeness (QED) is 0.853. The molecule has 0 aliphatic heterocycles. The Morgan fingerprint density at radius 1 is 1.35 bits per heavy atom. The van der Waals surface area contributed by atoms with E-state index >= 15 is 0 Å². The van der Waals surface area contributed by atoms with Gasteiger partial charge in [0.05, 0.1) is 6.20 Å².